The van der Waals surface area contributed by atoms with Gasteiger partial charge in [-0.1, -0.05) is 15.9 Å². The van der Waals surface area contributed by atoms with Gasteiger partial charge >= 0.3 is 5.97 Å². The number of carboxylic acids is 1. The maximum Gasteiger partial charge on any atom is 0.320 e. The molecule has 1 fully saturated rings. The van der Waals surface area contributed by atoms with Gasteiger partial charge in [-0.25, -0.2) is 0 Å². The maximum absolute atomic E-state index is 11.1. The summed E-state index contributed by atoms with van der Waals surface area (Å²) < 4.78 is 6.29. The van der Waals surface area contributed by atoms with Crippen molar-refractivity contribution in [3.63, 3.8) is 0 Å². The number of ether oxygens (including phenoxy) is 1. The first-order valence-corrected chi connectivity index (χ1v) is 6.70. The van der Waals surface area contributed by atoms with Crippen molar-refractivity contribution in [3.8, 4) is 5.75 Å². The van der Waals surface area contributed by atoms with Gasteiger partial charge in [0.05, 0.1) is 7.11 Å². The molecule has 5 heteroatoms. The summed E-state index contributed by atoms with van der Waals surface area (Å²) in [4.78, 5) is 13.1. The van der Waals surface area contributed by atoms with E-state index >= 15 is 0 Å². The molecule has 0 radical (unpaired) electrons. The lowest BCUT2D eigenvalue weighted by molar-refractivity contribution is -0.142. The number of hydrogen-bond donors (Lipinski definition) is 1. The molecule has 0 bridgehead atoms. The summed E-state index contributed by atoms with van der Waals surface area (Å²) in [6.45, 7) is 1.44. The Morgan fingerprint density at radius 3 is 3.06 bits per heavy atom. The van der Waals surface area contributed by atoms with Crippen LogP contribution in [0.2, 0.25) is 0 Å². The monoisotopic (exact) mass is 313 g/mol. The van der Waals surface area contributed by atoms with E-state index in [2.05, 4.69) is 15.9 Å². The van der Waals surface area contributed by atoms with Crippen LogP contribution in [0.3, 0.4) is 0 Å². The van der Waals surface area contributed by atoms with Crippen LogP contribution in [0.25, 0.3) is 0 Å². The van der Waals surface area contributed by atoms with Gasteiger partial charge in [0.15, 0.2) is 0 Å². The number of aliphatic carboxylic acids is 1. The van der Waals surface area contributed by atoms with E-state index in [9.17, 15) is 4.79 Å². The molecular weight excluding hydrogens is 298 g/mol. The lowest BCUT2D eigenvalue weighted by atomic mass is 10.1. The zero-order valence-electron chi connectivity index (χ0n) is 10.2. The van der Waals surface area contributed by atoms with Crippen molar-refractivity contribution in [1.29, 1.82) is 0 Å². The van der Waals surface area contributed by atoms with E-state index in [1.54, 1.807) is 7.11 Å². The van der Waals surface area contributed by atoms with Crippen molar-refractivity contribution < 1.29 is 14.6 Å². The zero-order chi connectivity index (χ0) is 13.1. The van der Waals surface area contributed by atoms with Gasteiger partial charge in [-0.05, 0) is 37.6 Å². The highest BCUT2D eigenvalue weighted by atomic mass is 79.9. The van der Waals surface area contributed by atoms with Crippen LogP contribution >= 0.6 is 15.9 Å². The smallest absolute Gasteiger partial charge is 0.320 e. The number of hydrogen-bond acceptors (Lipinski definition) is 3. The Kier molecular flexibility index (Phi) is 4.24. The number of rotatable bonds is 4. The van der Waals surface area contributed by atoms with Gasteiger partial charge in [-0.15, -0.1) is 0 Å². The quantitative estimate of drug-likeness (QED) is 0.928. The van der Waals surface area contributed by atoms with Gasteiger partial charge in [0.25, 0.3) is 0 Å². The number of benzene rings is 1. The standard InChI is InChI=1S/C13H16BrNO3/c1-18-12-5-4-10(14)7-9(12)8-15-6-2-3-11(15)13(16)17/h4-5,7,11H,2-3,6,8H2,1H3,(H,16,17)/t11-/m1/s1. The molecule has 1 aromatic rings. The van der Waals surface area contributed by atoms with Crippen LogP contribution in [0.4, 0.5) is 0 Å². The van der Waals surface area contributed by atoms with E-state index in [1.807, 2.05) is 23.1 Å². The Hall–Kier alpha value is -1.07. The fraction of sp³-hybridized carbons (Fsp3) is 0.462. The van der Waals surface area contributed by atoms with Crippen molar-refractivity contribution in [2.75, 3.05) is 13.7 Å². The summed E-state index contributed by atoms with van der Waals surface area (Å²) in [5, 5.41) is 9.16. The highest BCUT2D eigenvalue weighted by molar-refractivity contribution is 9.10. The van der Waals surface area contributed by atoms with Crippen LogP contribution in [0.5, 0.6) is 5.75 Å². The lowest BCUT2D eigenvalue weighted by Gasteiger charge is -2.22. The third kappa shape index (κ3) is 2.84. The summed E-state index contributed by atoms with van der Waals surface area (Å²) in [7, 11) is 1.63. The van der Waals surface area contributed by atoms with Crippen LogP contribution < -0.4 is 4.74 Å². The van der Waals surface area contributed by atoms with Crippen LogP contribution in [0, 0.1) is 0 Å². The van der Waals surface area contributed by atoms with Gasteiger partial charge in [0, 0.05) is 16.6 Å². The topological polar surface area (TPSA) is 49.8 Å². The molecule has 4 nitrogen and oxygen atoms in total. The Bertz CT molecular complexity index is 450. The molecule has 0 saturated carbocycles. The van der Waals surface area contributed by atoms with E-state index in [0.29, 0.717) is 6.54 Å². The second kappa shape index (κ2) is 5.71. The van der Waals surface area contributed by atoms with Crippen molar-refractivity contribution >= 4 is 21.9 Å². The van der Waals surface area contributed by atoms with Gasteiger partial charge in [-0.2, -0.15) is 0 Å². The number of carbonyl (C=O) groups is 1. The average Bonchev–Trinajstić information content (AvgIpc) is 2.77. The molecule has 2 rings (SSSR count). The number of nitrogens with zero attached hydrogens (tertiary/aromatic N) is 1. The minimum atomic E-state index is -0.735. The largest absolute Gasteiger partial charge is 0.496 e. The second-order valence-corrected chi connectivity index (χ2v) is 5.34. The van der Waals surface area contributed by atoms with Gasteiger partial charge in [0.1, 0.15) is 11.8 Å². The molecule has 0 aliphatic carbocycles. The van der Waals surface area contributed by atoms with E-state index in [-0.39, 0.29) is 6.04 Å². The molecule has 18 heavy (non-hydrogen) atoms. The highest BCUT2D eigenvalue weighted by Crippen LogP contribution is 2.27. The Morgan fingerprint density at radius 2 is 2.39 bits per heavy atom. The van der Waals surface area contributed by atoms with Crippen molar-refractivity contribution in [1.82, 2.24) is 4.90 Å². The first-order valence-electron chi connectivity index (χ1n) is 5.91. The van der Waals surface area contributed by atoms with Gasteiger partial charge in [0.2, 0.25) is 0 Å². The minimum absolute atomic E-state index is 0.367. The predicted molar refractivity (Wildman–Crippen MR) is 71.8 cm³/mol. The molecule has 1 N–H and O–H groups in total. The number of methoxy groups -OCH3 is 1. The van der Waals surface area contributed by atoms with Crippen LogP contribution in [0.1, 0.15) is 18.4 Å². The molecule has 0 aromatic heterocycles. The zero-order valence-corrected chi connectivity index (χ0v) is 11.8. The van der Waals surface area contributed by atoms with Crippen LogP contribution in [-0.4, -0.2) is 35.7 Å². The number of likely N-dealkylation sites (tertiary alicyclic amines) is 1. The normalized spacial score (nSPS) is 20.0. The predicted octanol–water partition coefficient (Wildman–Crippen LogP) is 2.51. The lowest BCUT2D eigenvalue weighted by Crippen LogP contribution is -2.35. The van der Waals surface area contributed by atoms with Gasteiger partial charge in [-0.3, -0.25) is 9.69 Å². The molecule has 1 atom stereocenters. The molecular formula is C13H16BrNO3. The molecule has 0 spiro atoms. The molecule has 1 aliphatic heterocycles. The Balaban J connectivity index is 2.18. The first-order chi connectivity index (χ1) is 8.61. The molecule has 0 unspecified atom stereocenters. The van der Waals surface area contributed by atoms with Crippen molar-refractivity contribution in [3.05, 3.63) is 28.2 Å². The van der Waals surface area contributed by atoms with Crippen molar-refractivity contribution in [2.45, 2.75) is 25.4 Å². The van der Waals surface area contributed by atoms with E-state index in [0.717, 1.165) is 35.2 Å². The molecule has 1 heterocycles. The minimum Gasteiger partial charge on any atom is -0.496 e. The molecule has 1 aliphatic rings. The van der Waals surface area contributed by atoms with E-state index in [1.165, 1.54) is 0 Å². The SMILES string of the molecule is COc1ccc(Br)cc1CN1CCC[C@@H]1C(=O)O. The summed E-state index contributed by atoms with van der Waals surface area (Å²) in [5.41, 5.74) is 1.01. The van der Waals surface area contributed by atoms with Gasteiger partial charge < -0.3 is 9.84 Å². The summed E-state index contributed by atoms with van der Waals surface area (Å²) >= 11 is 3.43. The van der Waals surface area contributed by atoms with Crippen LogP contribution in [-0.2, 0) is 11.3 Å². The average molecular weight is 314 g/mol. The summed E-state index contributed by atoms with van der Waals surface area (Å²) in [6, 6.07) is 5.43. The number of halogens is 1. The Labute approximate surface area is 115 Å². The summed E-state index contributed by atoms with van der Waals surface area (Å²) in [5.74, 6) is 0.0655. The third-order valence-corrected chi connectivity index (χ3v) is 3.76. The van der Waals surface area contributed by atoms with E-state index in [4.69, 9.17) is 9.84 Å². The fourth-order valence-electron chi connectivity index (χ4n) is 2.38. The molecule has 1 aromatic carbocycles. The highest BCUT2D eigenvalue weighted by Gasteiger charge is 2.30. The van der Waals surface area contributed by atoms with Crippen molar-refractivity contribution in [2.24, 2.45) is 0 Å². The van der Waals surface area contributed by atoms with E-state index < -0.39 is 5.97 Å². The third-order valence-electron chi connectivity index (χ3n) is 3.26. The second-order valence-electron chi connectivity index (χ2n) is 4.42. The summed E-state index contributed by atoms with van der Waals surface area (Å²) in [6.07, 6.45) is 1.67. The molecule has 0 amide bonds. The first kappa shape index (κ1) is 13.4. The number of carboxylic acid groups (broad SMARTS) is 1. The molecule has 98 valence electrons. The Morgan fingerprint density at radius 1 is 1.61 bits per heavy atom. The molecule has 1 saturated heterocycles. The fourth-order valence-corrected chi connectivity index (χ4v) is 2.79. The van der Waals surface area contributed by atoms with Crippen LogP contribution in [0.15, 0.2) is 22.7 Å². The maximum atomic E-state index is 11.1.